The summed E-state index contributed by atoms with van der Waals surface area (Å²) in [4.78, 5) is 38.1. The van der Waals surface area contributed by atoms with Gasteiger partial charge >= 0.3 is 17.9 Å². The number of unbranched alkanes of at least 4 members (excludes halogenated alkanes) is 15. The first kappa shape index (κ1) is 64.5. The van der Waals surface area contributed by atoms with Crippen molar-refractivity contribution in [3.8, 4) is 0 Å². The molecular weight excluding hydrogens is 853 g/mol. The van der Waals surface area contributed by atoms with Gasteiger partial charge in [0.15, 0.2) is 6.10 Å². The highest BCUT2D eigenvalue weighted by Crippen LogP contribution is 2.12. The molecule has 0 saturated carbocycles. The molecule has 0 aliphatic rings. The van der Waals surface area contributed by atoms with Gasteiger partial charge in [-0.05, 0) is 135 Å². The van der Waals surface area contributed by atoms with E-state index in [2.05, 4.69) is 154 Å². The predicted octanol–water partition coefficient (Wildman–Crippen LogP) is 18.6. The van der Waals surface area contributed by atoms with Gasteiger partial charge in [0.25, 0.3) is 0 Å². The predicted molar refractivity (Wildman–Crippen MR) is 297 cm³/mol. The zero-order valence-electron chi connectivity index (χ0n) is 44.3. The highest BCUT2D eigenvalue weighted by atomic mass is 16.6. The number of esters is 3. The minimum atomic E-state index is -0.817. The van der Waals surface area contributed by atoms with Crippen molar-refractivity contribution in [2.24, 2.45) is 0 Å². The van der Waals surface area contributed by atoms with Crippen LogP contribution in [0.5, 0.6) is 0 Å². The number of allylic oxidation sites excluding steroid dienone is 22. The van der Waals surface area contributed by atoms with E-state index in [9.17, 15) is 14.4 Å². The van der Waals surface area contributed by atoms with Crippen molar-refractivity contribution < 1.29 is 28.6 Å². The Bertz CT molecular complexity index is 1510. The molecule has 6 nitrogen and oxygen atoms in total. The van der Waals surface area contributed by atoms with Crippen LogP contribution in [0.1, 0.15) is 226 Å². The zero-order chi connectivity index (χ0) is 50.0. The van der Waals surface area contributed by atoms with Crippen LogP contribution in [0.15, 0.2) is 134 Å². The molecule has 0 spiro atoms. The van der Waals surface area contributed by atoms with Crippen LogP contribution in [0.2, 0.25) is 0 Å². The van der Waals surface area contributed by atoms with Crippen LogP contribution in [0, 0.1) is 0 Å². The quantitative estimate of drug-likeness (QED) is 0.0262. The Hall–Kier alpha value is -4.45. The van der Waals surface area contributed by atoms with Crippen molar-refractivity contribution in [2.75, 3.05) is 13.2 Å². The Morgan fingerprint density at radius 1 is 0.304 bits per heavy atom. The topological polar surface area (TPSA) is 78.9 Å². The van der Waals surface area contributed by atoms with E-state index >= 15 is 0 Å². The third kappa shape index (κ3) is 54.4. The summed E-state index contributed by atoms with van der Waals surface area (Å²) in [5.41, 5.74) is 0. The van der Waals surface area contributed by atoms with Gasteiger partial charge in [-0.2, -0.15) is 0 Å². The average molecular weight is 953 g/mol. The van der Waals surface area contributed by atoms with Crippen LogP contribution in [0.4, 0.5) is 0 Å². The van der Waals surface area contributed by atoms with Crippen molar-refractivity contribution in [3.63, 3.8) is 0 Å². The lowest BCUT2D eigenvalue weighted by Crippen LogP contribution is -2.30. The van der Waals surface area contributed by atoms with Gasteiger partial charge in [-0.3, -0.25) is 14.4 Å². The molecule has 69 heavy (non-hydrogen) atoms. The maximum absolute atomic E-state index is 12.8. The molecule has 0 heterocycles. The molecule has 0 rings (SSSR count). The molecule has 0 aromatic carbocycles. The van der Waals surface area contributed by atoms with Gasteiger partial charge in [-0.1, -0.05) is 206 Å². The molecule has 0 aliphatic heterocycles. The van der Waals surface area contributed by atoms with Gasteiger partial charge < -0.3 is 14.2 Å². The molecule has 1 atom stereocenters. The summed E-state index contributed by atoms with van der Waals surface area (Å²) in [7, 11) is 0. The number of hydrogen-bond acceptors (Lipinski definition) is 6. The lowest BCUT2D eigenvalue weighted by Gasteiger charge is -2.18. The van der Waals surface area contributed by atoms with Crippen LogP contribution >= 0.6 is 0 Å². The van der Waals surface area contributed by atoms with E-state index in [1.807, 2.05) is 0 Å². The second kappa shape index (κ2) is 56.1. The van der Waals surface area contributed by atoms with Gasteiger partial charge in [0.2, 0.25) is 0 Å². The van der Waals surface area contributed by atoms with Crippen molar-refractivity contribution in [3.05, 3.63) is 134 Å². The van der Waals surface area contributed by atoms with Crippen LogP contribution < -0.4 is 0 Å². The molecule has 0 amide bonds. The maximum Gasteiger partial charge on any atom is 0.306 e. The number of carbonyl (C=O) groups is 3. The van der Waals surface area contributed by atoms with Crippen molar-refractivity contribution in [1.29, 1.82) is 0 Å². The lowest BCUT2D eigenvalue weighted by molar-refractivity contribution is -0.167. The number of carbonyl (C=O) groups excluding carboxylic acids is 3. The number of ether oxygens (including phenoxy) is 3. The van der Waals surface area contributed by atoms with E-state index < -0.39 is 6.10 Å². The fraction of sp³-hybridized carbons (Fsp3) is 0.603. The van der Waals surface area contributed by atoms with Gasteiger partial charge in [-0.25, -0.2) is 0 Å². The fourth-order valence-electron chi connectivity index (χ4n) is 7.02. The third-order valence-corrected chi connectivity index (χ3v) is 11.1. The van der Waals surface area contributed by atoms with E-state index in [0.29, 0.717) is 12.8 Å². The summed E-state index contributed by atoms with van der Waals surface area (Å²) in [5.74, 6) is -0.988. The SMILES string of the molecule is CC/C=C/C/C=C/C/C=C/C/C=C/C/C=C/CCCCCC(=O)OC[C@@H](COC(=O)CCCCCCC/C=C/C/C=C/C/C=C/CC)OC(=O)CCCCCC/C=C/C/C=C/C/C=C/CCCCC. The summed E-state index contributed by atoms with van der Waals surface area (Å²) in [5, 5.41) is 0. The second-order valence-electron chi connectivity index (χ2n) is 17.7. The van der Waals surface area contributed by atoms with E-state index in [1.54, 1.807) is 0 Å². The fourth-order valence-corrected chi connectivity index (χ4v) is 7.02. The molecule has 0 aromatic rings. The molecule has 0 fully saturated rings. The van der Waals surface area contributed by atoms with Crippen molar-refractivity contribution in [2.45, 2.75) is 232 Å². The second-order valence-corrected chi connectivity index (χ2v) is 17.7. The Balaban J connectivity index is 4.54. The van der Waals surface area contributed by atoms with Crippen LogP contribution in [-0.2, 0) is 28.6 Å². The highest BCUT2D eigenvalue weighted by Gasteiger charge is 2.19. The standard InChI is InChI=1S/C63H100O6/c1-4-7-10-13-16-19-22-25-28-30-31-33-35-38-41-44-47-50-53-56-62(65)68-59-60(58-67-61(64)55-52-49-46-43-40-37-34-27-24-21-18-15-12-9-6-3)69-63(66)57-54-51-48-45-42-39-36-32-29-26-23-20-17-14-11-8-5-2/h7,9-10,12,16-21,25-29,31,33-34,36,38-39,41,60H,4-6,8,11,13-15,22-24,30,32,35,37,40,42-59H2,1-3H3/b10-7+,12-9+,19-16+,20-17+,21-18+,28-25+,29-26+,33-31+,34-27+,39-36+,41-38+/t60-/m1/s1. The van der Waals surface area contributed by atoms with Gasteiger partial charge in [-0.15, -0.1) is 0 Å². The minimum absolute atomic E-state index is 0.112. The molecule has 6 heteroatoms. The molecule has 0 bridgehead atoms. The maximum atomic E-state index is 12.8. The number of hydrogen-bond donors (Lipinski definition) is 0. The monoisotopic (exact) mass is 953 g/mol. The summed E-state index contributed by atoms with van der Waals surface area (Å²) < 4.78 is 16.8. The average Bonchev–Trinajstić information content (AvgIpc) is 3.35. The van der Waals surface area contributed by atoms with E-state index in [-0.39, 0.29) is 37.5 Å². The Labute approximate surface area is 424 Å². The summed E-state index contributed by atoms with van der Waals surface area (Å²) in [6, 6.07) is 0. The van der Waals surface area contributed by atoms with Gasteiger partial charge in [0, 0.05) is 19.3 Å². The molecule has 0 unspecified atom stereocenters. The van der Waals surface area contributed by atoms with E-state index in [4.69, 9.17) is 14.2 Å². The molecule has 388 valence electrons. The first-order valence-electron chi connectivity index (χ1n) is 27.7. The minimum Gasteiger partial charge on any atom is -0.462 e. The van der Waals surface area contributed by atoms with E-state index in [1.165, 1.54) is 25.7 Å². The highest BCUT2D eigenvalue weighted by molar-refractivity contribution is 5.71. The summed E-state index contributed by atoms with van der Waals surface area (Å²) in [6.07, 6.45) is 78.6. The Morgan fingerprint density at radius 3 is 0.899 bits per heavy atom. The molecule has 0 N–H and O–H groups in total. The van der Waals surface area contributed by atoms with Crippen LogP contribution in [-0.4, -0.2) is 37.2 Å². The van der Waals surface area contributed by atoms with Crippen molar-refractivity contribution in [1.82, 2.24) is 0 Å². The van der Waals surface area contributed by atoms with E-state index in [0.717, 1.165) is 161 Å². The first-order valence-corrected chi connectivity index (χ1v) is 27.7. The largest absolute Gasteiger partial charge is 0.462 e. The third-order valence-electron chi connectivity index (χ3n) is 11.1. The number of rotatable bonds is 48. The molecule has 0 aliphatic carbocycles. The molecular formula is C63H100O6. The zero-order valence-corrected chi connectivity index (χ0v) is 44.3. The van der Waals surface area contributed by atoms with Gasteiger partial charge in [0.1, 0.15) is 13.2 Å². The first-order chi connectivity index (χ1) is 34.0. The van der Waals surface area contributed by atoms with Crippen LogP contribution in [0.25, 0.3) is 0 Å². The van der Waals surface area contributed by atoms with Crippen LogP contribution in [0.3, 0.4) is 0 Å². The summed E-state index contributed by atoms with van der Waals surface area (Å²) in [6.45, 7) is 6.31. The van der Waals surface area contributed by atoms with Gasteiger partial charge in [0.05, 0.1) is 0 Å². The normalized spacial score (nSPS) is 13.1. The summed E-state index contributed by atoms with van der Waals surface area (Å²) >= 11 is 0. The molecule has 0 saturated heterocycles. The molecule has 0 radical (unpaired) electrons. The smallest absolute Gasteiger partial charge is 0.306 e. The molecule has 0 aromatic heterocycles. The Morgan fingerprint density at radius 2 is 0.565 bits per heavy atom. The Kier molecular flexibility index (Phi) is 52.5. The van der Waals surface area contributed by atoms with Crippen molar-refractivity contribution >= 4 is 17.9 Å². The lowest BCUT2D eigenvalue weighted by atomic mass is 10.1.